The van der Waals surface area contributed by atoms with Crippen LogP contribution in [0.2, 0.25) is 0 Å². The lowest BCUT2D eigenvalue weighted by atomic mass is 10.3. The molecule has 0 saturated heterocycles. The number of ether oxygens (including phenoxy) is 1. The summed E-state index contributed by atoms with van der Waals surface area (Å²) in [6.07, 6.45) is 2.18. The lowest BCUT2D eigenvalue weighted by Gasteiger charge is -2.05. The van der Waals surface area contributed by atoms with Crippen LogP contribution in [0.4, 0.5) is 3.89 Å². The monoisotopic (exact) mass is 232 g/mol. The van der Waals surface area contributed by atoms with Gasteiger partial charge in [0.1, 0.15) is 11.5 Å². The Morgan fingerprint density at radius 3 is 2.53 bits per heavy atom. The normalized spacial score (nSPS) is 16.1. The summed E-state index contributed by atoms with van der Waals surface area (Å²) in [5, 5.41) is 0. The predicted octanol–water partition coefficient (Wildman–Crippen LogP) is 1.82. The molecule has 1 aromatic carbocycles. The van der Waals surface area contributed by atoms with Gasteiger partial charge in [0.05, 0.1) is 6.10 Å². The van der Waals surface area contributed by atoms with Crippen molar-refractivity contribution in [1.82, 2.24) is 0 Å². The molecule has 1 saturated carbocycles. The zero-order chi connectivity index (χ0) is 10.9. The van der Waals surface area contributed by atoms with Crippen molar-refractivity contribution in [2.24, 2.45) is 0 Å². The molecule has 82 valence electrons. The average molecular weight is 232 g/mol. The Morgan fingerprint density at radius 2 is 1.93 bits per heavy atom. The van der Waals surface area contributed by atoms with Crippen LogP contribution in [0.3, 0.4) is 0 Å². The lowest BCUT2D eigenvalue weighted by molar-refractivity contribution is 0.302. The highest BCUT2D eigenvalue weighted by atomic mass is 32.3. The van der Waals surface area contributed by atoms with E-state index in [9.17, 15) is 12.3 Å². The Morgan fingerprint density at radius 1 is 1.27 bits per heavy atom. The number of hydrogen-bond donors (Lipinski definition) is 0. The largest absolute Gasteiger partial charge is 0.490 e. The standard InChI is InChI=1S/C9H9FO4S/c10-15(11,12)14-9-3-1-2-8(6-9)13-7-4-5-7/h1-3,6-7H,4-5H2. The van der Waals surface area contributed by atoms with Crippen molar-refractivity contribution in [2.75, 3.05) is 0 Å². The van der Waals surface area contributed by atoms with Crippen LogP contribution in [0.5, 0.6) is 11.5 Å². The summed E-state index contributed by atoms with van der Waals surface area (Å²) in [5.74, 6) is 0.398. The van der Waals surface area contributed by atoms with Gasteiger partial charge in [0, 0.05) is 6.07 Å². The van der Waals surface area contributed by atoms with Gasteiger partial charge in [-0.3, -0.25) is 0 Å². The molecule has 4 nitrogen and oxygen atoms in total. The number of halogens is 1. The fourth-order valence-electron chi connectivity index (χ4n) is 1.09. The molecule has 0 aliphatic heterocycles. The van der Waals surface area contributed by atoms with E-state index in [1.165, 1.54) is 18.2 Å². The summed E-state index contributed by atoms with van der Waals surface area (Å²) < 4.78 is 42.1. The molecule has 0 radical (unpaired) electrons. The van der Waals surface area contributed by atoms with Crippen LogP contribution >= 0.6 is 0 Å². The topological polar surface area (TPSA) is 52.6 Å². The molecule has 0 N–H and O–H groups in total. The third-order valence-electron chi connectivity index (χ3n) is 1.83. The van der Waals surface area contributed by atoms with Crippen LogP contribution in [-0.2, 0) is 10.5 Å². The Balaban J connectivity index is 2.10. The first kappa shape index (κ1) is 10.2. The molecule has 6 heteroatoms. The number of rotatable bonds is 4. The predicted molar refractivity (Wildman–Crippen MR) is 50.7 cm³/mol. The zero-order valence-corrected chi connectivity index (χ0v) is 8.54. The zero-order valence-electron chi connectivity index (χ0n) is 7.72. The molecule has 1 aromatic rings. The highest BCUT2D eigenvalue weighted by molar-refractivity contribution is 7.81. The molecule has 0 bridgehead atoms. The SMILES string of the molecule is O=S(=O)(F)Oc1cccc(OC2CC2)c1. The van der Waals surface area contributed by atoms with Gasteiger partial charge in [-0.15, -0.1) is 0 Å². The van der Waals surface area contributed by atoms with Gasteiger partial charge in [-0.1, -0.05) is 9.95 Å². The van der Waals surface area contributed by atoms with Crippen molar-refractivity contribution >= 4 is 10.5 Å². The van der Waals surface area contributed by atoms with E-state index in [2.05, 4.69) is 4.18 Å². The van der Waals surface area contributed by atoms with E-state index in [1.54, 1.807) is 6.07 Å². The number of hydrogen-bond acceptors (Lipinski definition) is 4. The molecular weight excluding hydrogens is 223 g/mol. The Kier molecular flexibility index (Phi) is 2.52. The minimum absolute atomic E-state index is 0.0874. The number of benzene rings is 1. The fourth-order valence-corrected chi connectivity index (χ4v) is 1.43. The van der Waals surface area contributed by atoms with E-state index < -0.39 is 10.5 Å². The molecule has 1 fully saturated rings. The Labute approximate surface area is 87.0 Å². The molecule has 0 heterocycles. The quantitative estimate of drug-likeness (QED) is 0.743. The fraction of sp³-hybridized carbons (Fsp3) is 0.333. The van der Waals surface area contributed by atoms with Gasteiger partial charge >= 0.3 is 10.5 Å². The summed E-state index contributed by atoms with van der Waals surface area (Å²) in [7, 11) is -4.96. The smallest absolute Gasteiger partial charge is 0.488 e. The maximum atomic E-state index is 12.2. The summed E-state index contributed by atoms with van der Waals surface area (Å²) in [6.45, 7) is 0. The summed E-state index contributed by atoms with van der Waals surface area (Å²) in [6, 6.07) is 5.89. The molecule has 0 atom stereocenters. The van der Waals surface area contributed by atoms with Gasteiger partial charge in [-0.05, 0) is 25.0 Å². The van der Waals surface area contributed by atoms with Crippen LogP contribution in [0.15, 0.2) is 24.3 Å². The van der Waals surface area contributed by atoms with Crippen molar-refractivity contribution in [2.45, 2.75) is 18.9 Å². The first-order valence-electron chi connectivity index (χ1n) is 4.44. The van der Waals surface area contributed by atoms with E-state index in [1.807, 2.05) is 0 Å². The first-order chi connectivity index (χ1) is 7.03. The van der Waals surface area contributed by atoms with Crippen molar-refractivity contribution in [1.29, 1.82) is 0 Å². The molecule has 0 spiro atoms. The van der Waals surface area contributed by atoms with Gasteiger partial charge in [-0.25, -0.2) is 0 Å². The van der Waals surface area contributed by atoms with Crippen LogP contribution in [0.1, 0.15) is 12.8 Å². The summed E-state index contributed by atoms with van der Waals surface area (Å²) in [5.41, 5.74) is 0. The second kappa shape index (κ2) is 3.69. The molecule has 1 aliphatic rings. The molecular formula is C9H9FO4S. The van der Waals surface area contributed by atoms with Crippen molar-refractivity contribution in [3.05, 3.63) is 24.3 Å². The molecule has 1 aliphatic carbocycles. The summed E-state index contributed by atoms with van der Waals surface area (Å²) in [4.78, 5) is 0. The summed E-state index contributed by atoms with van der Waals surface area (Å²) >= 11 is 0. The van der Waals surface area contributed by atoms with Crippen LogP contribution in [0.25, 0.3) is 0 Å². The van der Waals surface area contributed by atoms with E-state index in [0.29, 0.717) is 5.75 Å². The van der Waals surface area contributed by atoms with Crippen molar-refractivity contribution < 1.29 is 21.2 Å². The van der Waals surface area contributed by atoms with Gasteiger partial charge in [0.25, 0.3) is 0 Å². The van der Waals surface area contributed by atoms with Gasteiger partial charge < -0.3 is 8.92 Å². The average Bonchev–Trinajstić information content (AvgIpc) is 2.85. The Hall–Kier alpha value is -1.30. The van der Waals surface area contributed by atoms with Crippen LogP contribution < -0.4 is 8.92 Å². The van der Waals surface area contributed by atoms with Crippen LogP contribution in [-0.4, -0.2) is 14.5 Å². The van der Waals surface area contributed by atoms with E-state index in [4.69, 9.17) is 4.74 Å². The maximum Gasteiger partial charge on any atom is 0.488 e. The van der Waals surface area contributed by atoms with E-state index in [0.717, 1.165) is 12.8 Å². The minimum Gasteiger partial charge on any atom is -0.490 e. The Bertz CT molecular complexity index is 453. The minimum atomic E-state index is -4.96. The van der Waals surface area contributed by atoms with Crippen LogP contribution in [0, 0.1) is 0 Å². The van der Waals surface area contributed by atoms with Gasteiger partial charge in [-0.2, -0.15) is 8.42 Å². The third-order valence-corrected chi connectivity index (χ3v) is 2.22. The highest BCUT2D eigenvalue weighted by Gasteiger charge is 2.23. The maximum absolute atomic E-state index is 12.2. The van der Waals surface area contributed by atoms with E-state index >= 15 is 0 Å². The van der Waals surface area contributed by atoms with Crippen molar-refractivity contribution in [3.63, 3.8) is 0 Å². The first-order valence-corrected chi connectivity index (χ1v) is 5.74. The molecule has 2 rings (SSSR count). The molecule has 0 aromatic heterocycles. The van der Waals surface area contributed by atoms with Gasteiger partial charge in [0.2, 0.25) is 0 Å². The molecule has 15 heavy (non-hydrogen) atoms. The molecule has 0 unspecified atom stereocenters. The second-order valence-corrected chi connectivity index (χ2v) is 4.22. The molecule has 0 amide bonds. The lowest BCUT2D eigenvalue weighted by Crippen LogP contribution is -2.02. The second-order valence-electron chi connectivity index (χ2n) is 3.27. The van der Waals surface area contributed by atoms with E-state index in [-0.39, 0.29) is 11.9 Å². The third kappa shape index (κ3) is 3.39. The highest BCUT2D eigenvalue weighted by Crippen LogP contribution is 2.29. The van der Waals surface area contributed by atoms with Crippen molar-refractivity contribution in [3.8, 4) is 11.5 Å². The van der Waals surface area contributed by atoms with Gasteiger partial charge in [0.15, 0.2) is 0 Å².